The van der Waals surface area contributed by atoms with Gasteiger partial charge < -0.3 is 24.4 Å². The first-order chi connectivity index (χ1) is 17.7. The number of carbonyl (C=O) groups is 2. The molecule has 3 aromatic rings. The molecule has 2 atom stereocenters. The van der Waals surface area contributed by atoms with Crippen molar-refractivity contribution in [3.63, 3.8) is 0 Å². The van der Waals surface area contributed by atoms with E-state index < -0.39 is 12.0 Å². The zero-order valence-electron chi connectivity index (χ0n) is 20.2. The van der Waals surface area contributed by atoms with E-state index in [1.165, 1.54) is 0 Å². The minimum absolute atomic E-state index is 0.0836. The summed E-state index contributed by atoms with van der Waals surface area (Å²) in [7, 11) is 1.61. The van der Waals surface area contributed by atoms with E-state index in [-0.39, 0.29) is 17.9 Å². The SMILES string of the molecule is COCCN1C(=O)c2ccccc2C(C(=O)Nc2ccc(OC3CCOCC3)cc2)C1c1cccs1. The Labute approximate surface area is 215 Å². The molecule has 188 valence electrons. The van der Waals surface area contributed by atoms with Gasteiger partial charge in [-0.1, -0.05) is 24.3 Å². The molecule has 1 aromatic heterocycles. The van der Waals surface area contributed by atoms with Gasteiger partial charge in [-0.05, 0) is 47.3 Å². The predicted molar refractivity (Wildman–Crippen MR) is 139 cm³/mol. The average Bonchev–Trinajstić information content (AvgIpc) is 3.44. The van der Waals surface area contributed by atoms with Crippen molar-refractivity contribution < 1.29 is 23.8 Å². The van der Waals surface area contributed by atoms with Crippen LogP contribution in [0.4, 0.5) is 5.69 Å². The first-order valence-corrected chi connectivity index (χ1v) is 13.1. The lowest BCUT2D eigenvalue weighted by Gasteiger charge is -2.41. The Morgan fingerprint density at radius 3 is 2.58 bits per heavy atom. The predicted octanol–water partition coefficient (Wildman–Crippen LogP) is 4.87. The molecule has 5 rings (SSSR count). The Morgan fingerprint density at radius 1 is 1.08 bits per heavy atom. The minimum atomic E-state index is -0.562. The van der Waals surface area contributed by atoms with Gasteiger partial charge in [-0.25, -0.2) is 0 Å². The summed E-state index contributed by atoms with van der Waals surface area (Å²) in [6, 6.07) is 18.4. The summed E-state index contributed by atoms with van der Waals surface area (Å²) < 4.78 is 16.7. The molecule has 0 radical (unpaired) electrons. The number of rotatable bonds is 8. The lowest BCUT2D eigenvalue weighted by Crippen LogP contribution is -2.47. The second-order valence-corrected chi connectivity index (χ2v) is 9.94. The molecule has 8 heteroatoms. The molecule has 0 spiro atoms. The van der Waals surface area contributed by atoms with Gasteiger partial charge in [0.2, 0.25) is 5.91 Å². The standard InChI is InChI=1S/C28H30N2O5S/c1-33-17-14-30-26(24-7-4-18-36-24)25(22-5-2-3-6-23(22)28(30)32)27(31)29-19-8-10-20(11-9-19)35-21-12-15-34-16-13-21/h2-11,18,21,25-26H,12-17H2,1H3,(H,29,31). The van der Waals surface area contributed by atoms with Crippen molar-refractivity contribution in [2.75, 3.05) is 38.8 Å². The molecule has 0 saturated carbocycles. The molecule has 3 heterocycles. The fourth-order valence-electron chi connectivity index (χ4n) is 4.91. The van der Waals surface area contributed by atoms with Crippen LogP contribution in [0.2, 0.25) is 0 Å². The van der Waals surface area contributed by atoms with E-state index in [1.807, 2.05) is 60.0 Å². The lowest BCUT2D eigenvalue weighted by atomic mass is 9.81. The molecule has 1 fully saturated rings. The van der Waals surface area contributed by atoms with Crippen molar-refractivity contribution in [2.45, 2.75) is 30.9 Å². The molecule has 1 saturated heterocycles. The number of hydrogen-bond donors (Lipinski definition) is 1. The highest BCUT2D eigenvalue weighted by atomic mass is 32.1. The first kappa shape index (κ1) is 24.5. The van der Waals surface area contributed by atoms with Crippen LogP contribution in [0.5, 0.6) is 5.75 Å². The maximum atomic E-state index is 13.8. The number of fused-ring (bicyclic) bond motifs is 1. The van der Waals surface area contributed by atoms with Gasteiger partial charge >= 0.3 is 0 Å². The van der Waals surface area contributed by atoms with Gasteiger partial charge in [-0.15, -0.1) is 11.3 Å². The summed E-state index contributed by atoms with van der Waals surface area (Å²) in [6.45, 7) is 2.22. The molecule has 7 nitrogen and oxygen atoms in total. The minimum Gasteiger partial charge on any atom is -0.490 e. The van der Waals surface area contributed by atoms with E-state index in [4.69, 9.17) is 14.2 Å². The van der Waals surface area contributed by atoms with Gasteiger partial charge in [-0.3, -0.25) is 9.59 Å². The molecular formula is C28H30N2O5S. The molecule has 2 aliphatic heterocycles. The Kier molecular flexibility index (Phi) is 7.65. The fourth-order valence-corrected chi connectivity index (χ4v) is 5.78. The van der Waals surface area contributed by atoms with Crippen LogP contribution >= 0.6 is 11.3 Å². The van der Waals surface area contributed by atoms with E-state index >= 15 is 0 Å². The summed E-state index contributed by atoms with van der Waals surface area (Å²) in [5, 5.41) is 5.06. The molecule has 36 heavy (non-hydrogen) atoms. The number of methoxy groups -OCH3 is 1. The summed E-state index contributed by atoms with van der Waals surface area (Å²) in [6.07, 6.45) is 1.91. The zero-order valence-corrected chi connectivity index (χ0v) is 21.0. The Morgan fingerprint density at radius 2 is 1.86 bits per heavy atom. The zero-order chi connectivity index (χ0) is 24.9. The van der Waals surface area contributed by atoms with Crippen molar-refractivity contribution in [1.29, 1.82) is 0 Å². The average molecular weight is 507 g/mol. The first-order valence-electron chi connectivity index (χ1n) is 12.2. The van der Waals surface area contributed by atoms with Gasteiger partial charge in [0.15, 0.2) is 0 Å². The van der Waals surface area contributed by atoms with Crippen LogP contribution in [-0.4, -0.2) is 56.3 Å². The van der Waals surface area contributed by atoms with Crippen molar-refractivity contribution in [1.82, 2.24) is 4.90 Å². The number of benzene rings is 2. The topological polar surface area (TPSA) is 77.1 Å². The number of anilines is 1. The maximum absolute atomic E-state index is 13.8. The van der Waals surface area contributed by atoms with Crippen molar-refractivity contribution in [2.24, 2.45) is 0 Å². The highest BCUT2D eigenvalue weighted by molar-refractivity contribution is 7.10. The van der Waals surface area contributed by atoms with Crippen LogP contribution in [-0.2, 0) is 14.3 Å². The van der Waals surface area contributed by atoms with Crippen LogP contribution in [0, 0.1) is 0 Å². The quantitative estimate of drug-likeness (QED) is 0.472. The summed E-state index contributed by atoms with van der Waals surface area (Å²) in [5.41, 5.74) is 1.98. The number of ether oxygens (including phenoxy) is 3. The van der Waals surface area contributed by atoms with Crippen molar-refractivity contribution >= 4 is 28.8 Å². The van der Waals surface area contributed by atoms with Crippen LogP contribution < -0.4 is 10.1 Å². The van der Waals surface area contributed by atoms with Gasteiger partial charge in [0, 0.05) is 42.6 Å². The second-order valence-electron chi connectivity index (χ2n) is 8.96. The second kappa shape index (κ2) is 11.2. The molecule has 2 amide bonds. The number of hydrogen-bond acceptors (Lipinski definition) is 6. The Balaban J connectivity index is 1.41. The van der Waals surface area contributed by atoms with E-state index in [2.05, 4.69) is 5.32 Å². The Bertz CT molecular complexity index is 1170. The fraction of sp³-hybridized carbons (Fsp3) is 0.357. The van der Waals surface area contributed by atoms with Crippen LogP contribution in [0.15, 0.2) is 66.0 Å². The molecule has 2 aromatic carbocycles. The van der Waals surface area contributed by atoms with E-state index in [9.17, 15) is 9.59 Å². The molecule has 0 bridgehead atoms. The van der Waals surface area contributed by atoms with E-state index in [0.717, 1.165) is 42.2 Å². The number of nitrogens with one attached hydrogen (secondary N) is 1. The lowest BCUT2D eigenvalue weighted by molar-refractivity contribution is -0.119. The van der Waals surface area contributed by atoms with E-state index in [0.29, 0.717) is 24.4 Å². The van der Waals surface area contributed by atoms with Gasteiger partial charge in [0.05, 0.1) is 31.8 Å². The Hall–Kier alpha value is -3.20. The van der Waals surface area contributed by atoms with Crippen LogP contribution in [0.25, 0.3) is 0 Å². The number of carbonyl (C=O) groups excluding carboxylic acids is 2. The smallest absolute Gasteiger partial charge is 0.254 e. The number of thiophene rings is 1. The molecule has 2 aliphatic rings. The third-order valence-corrected chi connectivity index (χ3v) is 7.63. The highest BCUT2D eigenvalue weighted by Crippen LogP contribution is 2.44. The number of nitrogens with zero attached hydrogens (tertiary/aromatic N) is 1. The largest absolute Gasteiger partial charge is 0.490 e. The molecule has 1 N–H and O–H groups in total. The third kappa shape index (κ3) is 5.16. The van der Waals surface area contributed by atoms with Gasteiger partial charge in [-0.2, -0.15) is 0 Å². The van der Waals surface area contributed by atoms with E-state index in [1.54, 1.807) is 29.4 Å². The maximum Gasteiger partial charge on any atom is 0.254 e. The van der Waals surface area contributed by atoms with Crippen LogP contribution in [0.3, 0.4) is 0 Å². The highest BCUT2D eigenvalue weighted by Gasteiger charge is 2.44. The number of amides is 2. The third-order valence-electron chi connectivity index (χ3n) is 6.69. The molecular weight excluding hydrogens is 476 g/mol. The van der Waals surface area contributed by atoms with Crippen molar-refractivity contribution in [3.05, 3.63) is 82.0 Å². The monoisotopic (exact) mass is 506 g/mol. The summed E-state index contributed by atoms with van der Waals surface area (Å²) in [4.78, 5) is 30.1. The summed E-state index contributed by atoms with van der Waals surface area (Å²) >= 11 is 1.55. The summed E-state index contributed by atoms with van der Waals surface area (Å²) in [5.74, 6) is -0.0307. The van der Waals surface area contributed by atoms with Gasteiger partial charge in [0.1, 0.15) is 11.9 Å². The normalized spacial score (nSPS) is 20.1. The van der Waals surface area contributed by atoms with Gasteiger partial charge in [0.25, 0.3) is 5.91 Å². The molecule has 2 unspecified atom stereocenters. The molecule has 0 aliphatic carbocycles. The van der Waals surface area contributed by atoms with Crippen LogP contribution in [0.1, 0.15) is 45.6 Å². The van der Waals surface area contributed by atoms with Crippen molar-refractivity contribution in [3.8, 4) is 5.75 Å².